The summed E-state index contributed by atoms with van der Waals surface area (Å²) in [4.78, 5) is 19.0. The van der Waals surface area contributed by atoms with E-state index in [2.05, 4.69) is 17.0 Å². The van der Waals surface area contributed by atoms with Crippen molar-refractivity contribution in [1.82, 2.24) is 9.78 Å². The number of nitrogens with zero attached hydrogens (tertiary/aromatic N) is 2. The van der Waals surface area contributed by atoms with Crippen molar-refractivity contribution in [2.45, 2.75) is 31.6 Å². The van der Waals surface area contributed by atoms with E-state index in [4.69, 9.17) is 16.3 Å². The predicted octanol–water partition coefficient (Wildman–Crippen LogP) is 5.38. The molecular weight excluding hydrogens is 418 g/mol. The van der Waals surface area contributed by atoms with E-state index in [0.29, 0.717) is 12.1 Å². The van der Waals surface area contributed by atoms with Crippen LogP contribution in [0.15, 0.2) is 63.2 Å². The summed E-state index contributed by atoms with van der Waals surface area (Å²) in [5.74, 6) is 1.59. The number of benzene rings is 2. The van der Waals surface area contributed by atoms with Crippen LogP contribution in [0.5, 0.6) is 5.75 Å². The summed E-state index contributed by atoms with van der Waals surface area (Å²) in [5.41, 5.74) is 3.06. The molecule has 0 aliphatic heterocycles. The summed E-state index contributed by atoms with van der Waals surface area (Å²) in [6.45, 7) is 4.65. The van der Waals surface area contributed by atoms with Gasteiger partial charge in [0.2, 0.25) is 0 Å². The molecule has 0 bridgehead atoms. The maximum atomic E-state index is 13.1. The van der Waals surface area contributed by atoms with Crippen LogP contribution in [0.3, 0.4) is 0 Å². The van der Waals surface area contributed by atoms with Crippen molar-refractivity contribution >= 4 is 29.1 Å². The van der Waals surface area contributed by atoms with E-state index < -0.39 is 0 Å². The van der Waals surface area contributed by atoms with Gasteiger partial charge in [0.05, 0.1) is 18.4 Å². The molecule has 0 amide bonds. The topological polar surface area (TPSA) is 59.4 Å². The molecule has 1 heterocycles. The molecule has 3 rings (SSSR count). The molecule has 7 heteroatoms. The SMILES string of the molecule is CCCc1[nH]n(-c2ccc(OC)cc2)c(=O)c1C(C)=NCCSc1ccc(Cl)cc1. The molecule has 0 fully saturated rings. The highest BCUT2D eigenvalue weighted by Gasteiger charge is 2.17. The van der Waals surface area contributed by atoms with Crippen LogP contribution in [0.1, 0.15) is 31.5 Å². The van der Waals surface area contributed by atoms with Gasteiger partial charge in [0.1, 0.15) is 5.75 Å². The number of ether oxygens (including phenoxy) is 1. The number of aryl methyl sites for hydroxylation is 1. The van der Waals surface area contributed by atoms with Crippen LogP contribution in [0.4, 0.5) is 0 Å². The van der Waals surface area contributed by atoms with Gasteiger partial charge >= 0.3 is 0 Å². The van der Waals surface area contributed by atoms with E-state index in [9.17, 15) is 4.79 Å². The fraction of sp³-hybridized carbons (Fsp3) is 0.304. The molecular formula is C23H26ClN3O2S. The van der Waals surface area contributed by atoms with Crippen molar-refractivity contribution in [2.24, 2.45) is 4.99 Å². The number of aromatic nitrogens is 2. The third-order valence-corrected chi connectivity index (χ3v) is 5.92. The third kappa shape index (κ3) is 5.37. The molecule has 1 aromatic heterocycles. The van der Waals surface area contributed by atoms with Gasteiger partial charge in [-0.25, -0.2) is 4.68 Å². The standard InChI is InChI=1S/C23H26ClN3O2S/c1-4-5-21-22(16(2)25-14-15-30-20-12-6-17(24)7-13-20)23(28)27(26-21)18-8-10-19(29-3)11-9-18/h6-13,26H,4-5,14-15H2,1-3H3. The summed E-state index contributed by atoms with van der Waals surface area (Å²) in [5, 5.41) is 4.01. The summed E-state index contributed by atoms with van der Waals surface area (Å²) in [6.07, 6.45) is 1.73. The summed E-state index contributed by atoms with van der Waals surface area (Å²) >= 11 is 7.65. The lowest BCUT2D eigenvalue weighted by molar-refractivity contribution is 0.414. The minimum absolute atomic E-state index is 0.0739. The van der Waals surface area contributed by atoms with Crippen LogP contribution in [-0.4, -0.2) is 34.9 Å². The van der Waals surface area contributed by atoms with Gasteiger partial charge in [0.25, 0.3) is 5.56 Å². The predicted molar refractivity (Wildman–Crippen MR) is 126 cm³/mol. The average molecular weight is 444 g/mol. The Morgan fingerprint density at radius 1 is 1.17 bits per heavy atom. The fourth-order valence-corrected chi connectivity index (χ4v) is 4.06. The summed E-state index contributed by atoms with van der Waals surface area (Å²) in [7, 11) is 1.62. The Morgan fingerprint density at radius 3 is 2.50 bits per heavy atom. The molecule has 0 spiro atoms. The fourth-order valence-electron chi connectivity index (χ4n) is 3.19. The first-order valence-electron chi connectivity index (χ1n) is 9.91. The number of aliphatic imine (C=N–C) groups is 1. The summed E-state index contributed by atoms with van der Waals surface area (Å²) < 4.78 is 6.79. The lowest BCUT2D eigenvalue weighted by atomic mass is 10.1. The van der Waals surface area contributed by atoms with Crippen LogP contribution in [-0.2, 0) is 6.42 Å². The number of thioether (sulfide) groups is 1. The van der Waals surface area contributed by atoms with Crippen LogP contribution in [0, 0.1) is 0 Å². The second-order valence-electron chi connectivity index (χ2n) is 6.82. The van der Waals surface area contributed by atoms with Gasteiger partial charge in [0, 0.05) is 33.6 Å². The zero-order chi connectivity index (χ0) is 21.5. The van der Waals surface area contributed by atoms with Crippen molar-refractivity contribution in [3.8, 4) is 11.4 Å². The normalized spacial score (nSPS) is 11.7. The highest BCUT2D eigenvalue weighted by atomic mass is 35.5. The second kappa shape index (κ2) is 10.5. The van der Waals surface area contributed by atoms with Gasteiger partial charge in [-0.15, -0.1) is 11.8 Å². The second-order valence-corrected chi connectivity index (χ2v) is 8.43. The maximum Gasteiger partial charge on any atom is 0.280 e. The molecule has 0 aliphatic carbocycles. The van der Waals surface area contributed by atoms with Gasteiger partial charge in [-0.05, 0) is 61.9 Å². The van der Waals surface area contributed by atoms with Crippen LogP contribution in [0.2, 0.25) is 5.02 Å². The largest absolute Gasteiger partial charge is 0.497 e. The van der Waals surface area contributed by atoms with E-state index in [1.165, 1.54) is 0 Å². The number of hydrogen-bond acceptors (Lipinski definition) is 4. The Morgan fingerprint density at radius 2 is 1.87 bits per heavy atom. The smallest absolute Gasteiger partial charge is 0.280 e. The molecule has 5 nitrogen and oxygen atoms in total. The number of aromatic amines is 1. The maximum absolute atomic E-state index is 13.1. The van der Waals surface area contributed by atoms with E-state index in [-0.39, 0.29) is 5.56 Å². The van der Waals surface area contributed by atoms with Crippen molar-refractivity contribution in [3.05, 3.63) is 75.2 Å². The quantitative estimate of drug-likeness (QED) is 0.274. The molecule has 0 saturated carbocycles. The number of hydrogen-bond donors (Lipinski definition) is 1. The Hall–Kier alpha value is -2.44. The number of methoxy groups -OCH3 is 1. The van der Waals surface area contributed by atoms with Gasteiger partial charge in [-0.3, -0.25) is 14.9 Å². The first-order valence-corrected chi connectivity index (χ1v) is 11.3. The Labute approximate surface area is 186 Å². The minimum atomic E-state index is -0.0739. The molecule has 158 valence electrons. The highest BCUT2D eigenvalue weighted by molar-refractivity contribution is 7.99. The molecule has 0 atom stereocenters. The summed E-state index contributed by atoms with van der Waals surface area (Å²) in [6, 6.07) is 15.2. The molecule has 0 radical (unpaired) electrons. The van der Waals surface area contributed by atoms with Crippen LogP contribution >= 0.6 is 23.4 Å². The van der Waals surface area contributed by atoms with Gasteiger partial charge < -0.3 is 4.74 Å². The molecule has 0 unspecified atom stereocenters. The Kier molecular flexibility index (Phi) is 7.82. The lowest BCUT2D eigenvalue weighted by Crippen LogP contribution is -2.20. The van der Waals surface area contributed by atoms with Crippen LogP contribution < -0.4 is 10.3 Å². The van der Waals surface area contributed by atoms with Gasteiger partial charge in [0.15, 0.2) is 0 Å². The van der Waals surface area contributed by atoms with Crippen molar-refractivity contribution in [2.75, 3.05) is 19.4 Å². The van der Waals surface area contributed by atoms with E-state index >= 15 is 0 Å². The monoisotopic (exact) mass is 443 g/mol. The number of rotatable bonds is 9. The number of H-pyrrole nitrogens is 1. The third-order valence-electron chi connectivity index (χ3n) is 4.68. The molecule has 3 aromatic rings. The van der Waals surface area contributed by atoms with Gasteiger partial charge in [-0.2, -0.15) is 0 Å². The average Bonchev–Trinajstić information content (AvgIpc) is 3.08. The first-order chi connectivity index (χ1) is 14.5. The lowest BCUT2D eigenvalue weighted by Gasteiger charge is -2.03. The minimum Gasteiger partial charge on any atom is -0.497 e. The van der Waals surface area contributed by atoms with Gasteiger partial charge in [-0.1, -0.05) is 24.9 Å². The molecule has 30 heavy (non-hydrogen) atoms. The zero-order valence-corrected chi connectivity index (χ0v) is 19.0. The van der Waals surface area contributed by atoms with Crippen LogP contribution in [0.25, 0.3) is 5.69 Å². The van der Waals surface area contributed by atoms with E-state index in [0.717, 1.165) is 51.4 Å². The zero-order valence-electron chi connectivity index (χ0n) is 17.4. The van der Waals surface area contributed by atoms with Crippen molar-refractivity contribution < 1.29 is 4.74 Å². The highest BCUT2D eigenvalue weighted by Crippen LogP contribution is 2.20. The molecule has 1 N–H and O–H groups in total. The number of nitrogens with one attached hydrogen (secondary N) is 1. The van der Waals surface area contributed by atoms with Crippen molar-refractivity contribution in [3.63, 3.8) is 0 Å². The molecule has 2 aromatic carbocycles. The Balaban J connectivity index is 1.78. The number of halogens is 1. The van der Waals surface area contributed by atoms with E-state index in [1.807, 2.05) is 55.5 Å². The molecule has 0 saturated heterocycles. The van der Waals surface area contributed by atoms with Crippen molar-refractivity contribution in [1.29, 1.82) is 0 Å². The van der Waals surface area contributed by atoms with E-state index in [1.54, 1.807) is 23.6 Å². The Bertz CT molecular complexity index is 1050. The first kappa shape index (κ1) is 22.2. The molecule has 0 aliphatic rings.